The second kappa shape index (κ2) is 11.3. The Labute approximate surface area is 166 Å². The molecule has 28 heavy (non-hydrogen) atoms. The minimum atomic E-state index is -0.810. The minimum absolute atomic E-state index is 0.314. The quantitative estimate of drug-likeness (QED) is 0.444. The zero-order valence-electron chi connectivity index (χ0n) is 16.9. The van der Waals surface area contributed by atoms with Gasteiger partial charge in [0.1, 0.15) is 11.6 Å². The van der Waals surface area contributed by atoms with Gasteiger partial charge in [-0.05, 0) is 45.6 Å². The molecule has 6 N–H and O–H groups in total. The van der Waals surface area contributed by atoms with Crippen molar-refractivity contribution in [1.82, 2.24) is 10.6 Å². The topological polar surface area (TPSA) is 137 Å². The highest BCUT2D eigenvalue weighted by atomic mass is 16.6. The SMILES string of the molecule is CC(C)(C)OC(=O)NCCCC[C@H](N)C(=O)N[C@@H](Cc1ccccc1)C(N)=O. The van der Waals surface area contributed by atoms with Crippen molar-refractivity contribution in [1.29, 1.82) is 0 Å². The molecule has 3 amide bonds. The van der Waals surface area contributed by atoms with Crippen molar-refractivity contribution in [3.05, 3.63) is 35.9 Å². The van der Waals surface area contributed by atoms with E-state index in [0.29, 0.717) is 32.2 Å². The maximum Gasteiger partial charge on any atom is 0.407 e. The van der Waals surface area contributed by atoms with Crippen LogP contribution >= 0.6 is 0 Å². The van der Waals surface area contributed by atoms with E-state index in [1.54, 1.807) is 20.8 Å². The standard InChI is InChI=1S/C20H32N4O4/c1-20(2,3)28-19(27)23-12-8-7-11-15(21)18(26)24-16(17(22)25)13-14-9-5-4-6-10-14/h4-6,9-10,15-16H,7-8,11-13,21H2,1-3H3,(H2,22,25)(H,23,27)(H,24,26)/t15-,16-/m0/s1. The van der Waals surface area contributed by atoms with Crippen LogP contribution in [0.25, 0.3) is 0 Å². The number of ether oxygens (including phenoxy) is 1. The lowest BCUT2D eigenvalue weighted by molar-refractivity contribution is -0.128. The Morgan fingerprint density at radius 3 is 2.32 bits per heavy atom. The summed E-state index contributed by atoms with van der Waals surface area (Å²) in [5.74, 6) is -1.02. The fourth-order valence-electron chi connectivity index (χ4n) is 2.48. The molecule has 8 heteroatoms. The second-order valence-corrected chi connectivity index (χ2v) is 7.68. The molecule has 0 bridgehead atoms. The number of hydrogen-bond acceptors (Lipinski definition) is 5. The van der Waals surface area contributed by atoms with Gasteiger partial charge in [-0.25, -0.2) is 4.79 Å². The molecule has 1 aromatic rings. The third kappa shape index (κ3) is 9.91. The maximum atomic E-state index is 12.2. The van der Waals surface area contributed by atoms with Crippen LogP contribution in [0.1, 0.15) is 45.6 Å². The zero-order valence-corrected chi connectivity index (χ0v) is 16.9. The predicted octanol–water partition coefficient (Wildman–Crippen LogP) is 1.22. The highest BCUT2D eigenvalue weighted by molar-refractivity contribution is 5.89. The monoisotopic (exact) mass is 392 g/mol. The molecule has 0 aliphatic carbocycles. The third-order valence-electron chi connectivity index (χ3n) is 3.89. The highest BCUT2D eigenvalue weighted by Gasteiger charge is 2.22. The van der Waals surface area contributed by atoms with Gasteiger partial charge in [0.25, 0.3) is 0 Å². The molecule has 0 aliphatic rings. The smallest absolute Gasteiger partial charge is 0.407 e. The summed E-state index contributed by atoms with van der Waals surface area (Å²) in [4.78, 5) is 35.4. The number of alkyl carbamates (subject to hydrolysis) is 1. The van der Waals surface area contributed by atoms with Crippen LogP contribution in [0.4, 0.5) is 4.79 Å². The molecule has 1 rings (SSSR count). The molecule has 1 aromatic carbocycles. The van der Waals surface area contributed by atoms with Gasteiger partial charge in [-0.3, -0.25) is 9.59 Å². The molecular weight excluding hydrogens is 360 g/mol. The van der Waals surface area contributed by atoms with Gasteiger partial charge in [0.15, 0.2) is 0 Å². The Morgan fingerprint density at radius 2 is 1.75 bits per heavy atom. The number of carbonyl (C=O) groups is 3. The average molecular weight is 393 g/mol. The summed E-state index contributed by atoms with van der Waals surface area (Å²) in [7, 11) is 0. The minimum Gasteiger partial charge on any atom is -0.444 e. The van der Waals surface area contributed by atoms with Gasteiger partial charge in [-0.1, -0.05) is 30.3 Å². The maximum absolute atomic E-state index is 12.2. The average Bonchev–Trinajstić information content (AvgIpc) is 2.59. The van der Waals surface area contributed by atoms with Crippen molar-refractivity contribution in [2.24, 2.45) is 11.5 Å². The molecule has 0 aromatic heterocycles. The van der Waals surface area contributed by atoms with E-state index >= 15 is 0 Å². The van der Waals surface area contributed by atoms with Crippen molar-refractivity contribution >= 4 is 17.9 Å². The molecule has 156 valence electrons. The predicted molar refractivity (Wildman–Crippen MR) is 107 cm³/mol. The molecule has 2 atom stereocenters. The first-order chi connectivity index (χ1) is 13.1. The largest absolute Gasteiger partial charge is 0.444 e. The summed E-state index contributed by atoms with van der Waals surface area (Å²) in [5, 5.41) is 5.27. The van der Waals surface area contributed by atoms with E-state index < -0.39 is 35.6 Å². The van der Waals surface area contributed by atoms with Crippen LogP contribution in [0.5, 0.6) is 0 Å². The molecule has 0 saturated carbocycles. The summed E-state index contributed by atoms with van der Waals surface area (Å²) in [6, 6.07) is 7.74. The van der Waals surface area contributed by atoms with Gasteiger partial charge in [0.2, 0.25) is 11.8 Å². The molecule has 8 nitrogen and oxygen atoms in total. The number of nitrogens with two attached hydrogens (primary N) is 2. The van der Waals surface area contributed by atoms with E-state index in [1.165, 1.54) is 0 Å². The number of benzene rings is 1. The van der Waals surface area contributed by atoms with Crippen molar-refractivity contribution in [3.63, 3.8) is 0 Å². The summed E-state index contributed by atoms with van der Waals surface area (Å²) in [6.45, 7) is 5.81. The van der Waals surface area contributed by atoms with Gasteiger partial charge in [0, 0.05) is 13.0 Å². The van der Waals surface area contributed by atoms with Crippen LogP contribution in [0, 0.1) is 0 Å². The molecular formula is C20H32N4O4. The van der Waals surface area contributed by atoms with Crippen LogP contribution in [0.3, 0.4) is 0 Å². The number of unbranched alkanes of at least 4 members (excludes halogenated alkanes) is 1. The summed E-state index contributed by atoms with van der Waals surface area (Å²) < 4.78 is 5.14. The number of primary amides is 1. The Hall–Kier alpha value is -2.61. The number of amides is 3. The summed E-state index contributed by atoms with van der Waals surface area (Å²) in [5.41, 5.74) is 11.7. The molecule has 0 spiro atoms. The van der Waals surface area contributed by atoms with Crippen LogP contribution in [0.2, 0.25) is 0 Å². The fraction of sp³-hybridized carbons (Fsp3) is 0.550. The van der Waals surface area contributed by atoms with Gasteiger partial charge in [-0.15, -0.1) is 0 Å². The Morgan fingerprint density at radius 1 is 1.11 bits per heavy atom. The van der Waals surface area contributed by atoms with Crippen LogP contribution in [-0.2, 0) is 20.7 Å². The summed E-state index contributed by atoms with van der Waals surface area (Å²) in [6.07, 6.45) is 1.57. The zero-order chi connectivity index (χ0) is 21.2. The lowest BCUT2D eigenvalue weighted by atomic mass is 10.0. The molecule has 0 unspecified atom stereocenters. The Kier molecular flexibility index (Phi) is 9.44. The highest BCUT2D eigenvalue weighted by Crippen LogP contribution is 2.07. The molecule has 0 aliphatic heterocycles. The number of nitrogens with one attached hydrogen (secondary N) is 2. The van der Waals surface area contributed by atoms with E-state index in [0.717, 1.165) is 5.56 Å². The number of rotatable bonds is 10. The van der Waals surface area contributed by atoms with Crippen molar-refractivity contribution in [2.45, 2.75) is 64.1 Å². The first-order valence-corrected chi connectivity index (χ1v) is 9.44. The van der Waals surface area contributed by atoms with E-state index in [9.17, 15) is 14.4 Å². The summed E-state index contributed by atoms with van der Waals surface area (Å²) >= 11 is 0. The van der Waals surface area contributed by atoms with E-state index in [1.807, 2.05) is 30.3 Å². The Bertz CT molecular complexity index is 643. The van der Waals surface area contributed by atoms with Crippen LogP contribution < -0.4 is 22.1 Å². The molecule has 0 saturated heterocycles. The van der Waals surface area contributed by atoms with E-state index in [-0.39, 0.29) is 0 Å². The first-order valence-electron chi connectivity index (χ1n) is 9.44. The van der Waals surface area contributed by atoms with Crippen molar-refractivity contribution in [3.8, 4) is 0 Å². The van der Waals surface area contributed by atoms with Crippen LogP contribution in [0.15, 0.2) is 30.3 Å². The van der Waals surface area contributed by atoms with Gasteiger partial charge >= 0.3 is 6.09 Å². The van der Waals surface area contributed by atoms with Gasteiger partial charge in [0.05, 0.1) is 6.04 Å². The first kappa shape index (κ1) is 23.4. The van der Waals surface area contributed by atoms with Crippen molar-refractivity contribution in [2.75, 3.05) is 6.54 Å². The molecule has 0 radical (unpaired) electrons. The fourth-order valence-corrected chi connectivity index (χ4v) is 2.48. The number of carbonyl (C=O) groups excluding carboxylic acids is 3. The van der Waals surface area contributed by atoms with Gasteiger partial charge < -0.3 is 26.8 Å². The molecule has 0 fully saturated rings. The number of hydrogen-bond donors (Lipinski definition) is 4. The lowest BCUT2D eigenvalue weighted by Gasteiger charge is -2.20. The molecule has 0 heterocycles. The lowest BCUT2D eigenvalue weighted by Crippen LogP contribution is -2.51. The van der Waals surface area contributed by atoms with E-state index in [4.69, 9.17) is 16.2 Å². The second-order valence-electron chi connectivity index (χ2n) is 7.68. The van der Waals surface area contributed by atoms with Crippen LogP contribution in [-0.4, -0.2) is 42.1 Å². The normalized spacial score (nSPS) is 13.3. The Balaban J connectivity index is 2.33. The van der Waals surface area contributed by atoms with Crippen molar-refractivity contribution < 1.29 is 19.1 Å². The third-order valence-corrected chi connectivity index (χ3v) is 3.89. The van der Waals surface area contributed by atoms with E-state index in [2.05, 4.69) is 10.6 Å². The van der Waals surface area contributed by atoms with Gasteiger partial charge in [-0.2, -0.15) is 0 Å².